The molecule has 0 bridgehead atoms. The van der Waals surface area contributed by atoms with Gasteiger partial charge in [-0.25, -0.2) is 0 Å². The molecule has 0 aliphatic carbocycles. The van der Waals surface area contributed by atoms with Crippen LogP contribution in [0.5, 0.6) is 0 Å². The van der Waals surface area contributed by atoms with Gasteiger partial charge in [0, 0.05) is 12.3 Å². The zero-order valence-corrected chi connectivity index (χ0v) is 11.3. The van der Waals surface area contributed by atoms with Crippen LogP contribution in [0.1, 0.15) is 28.2 Å². The minimum atomic E-state index is -0.342. The van der Waals surface area contributed by atoms with Gasteiger partial charge in [0.05, 0.1) is 11.4 Å². The number of nitrogen functional groups attached to an aromatic ring is 1. The Morgan fingerprint density at radius 3 is 2.95 bits per heavy atom. The third-order valence-corrected chi connectivity index (χ3v) is 3.02. The molecule has 0 spiro atoms. The van der Waals surface area contributed by atoms with Crippen LogP contribution in [0.4, 0.5) is 11.4 Å². The molecule has 0 unspecified atom stereocenters. The van der Waals surface area contributed by atoms with Crippen LogP contribution >= 0.6 is 0 Å². The van der Waals surface area contributed by atoms with E-state index < -0.39 is 0 Å². The molecule has 106 valence electrons. The normalized spacial score (nSPS) is 10.5. The molecule has 2 rings (SSSR count). The second-order valence-electron chi connectivity index (χ2n) is 4.59. The first kappa shape index (κ1) is 14.1. The molecule has 0 saturated heterocycles. The van der Waals surface area contributed by atoms with Crippen LogP contribution in [-0.4, -0.2) is 27.8 Å². The number of rotatable bonds is 5. The lowest BCUT2D eigenvalue weighted by Gasteiger charge is -2.06. The fraction of sp³-hybridized carbons (Fsp3) is 0.286. The first-order chi connectivity index (χ1) is 9.61. The number of nitrogens with zero attached hydrogens (tertiary/aromatic N) is 1. The predicted octanol–water partition coefficient (Wildman–Crippen LogP) is 1.48. The Labute approximate surface area is 117 Å². The number of nitrogens with two attached hydrogens (primary N) is 1. The third kappa shape index (κ3) is 3.16. The molecule has 1 heterocycles. The number of carbonyl (C=O) groups excluding carboxylic acids is 1. The van der Waals surface area contributed by atoms with E-state index in [4.69, 9.17) is 10.8 Å². The average molecular weight is 274 g/mol. The molecule has 0 saturated carbocycles. The van der Waals surface area contributed by atoms with Crippen molar-refractivity contribution in [2.24, 2.45) is 0 Å². The van der Waals surface area contributed by atoms with Crippen LogP contribution < -0.4 is 11.1 Å². The molecule has 0 aliphatic rings. The fourth-order valence-electron chi connectivity index (χ4n) is 1.89. The lowest BCUT2D eigenvalue weighted by molar-refractivity contribution is 0.102. The number of aromatic nitrogens is 2. The minimum Gasteiger partial charge on any atom is -0.396 e. The van der Waals surface area contributed by atoms with Crippen molar-refractivity contribution in [2.45, 2.75) is 19.8 Å². The highest BCUT2D eigenvalue weighted by Crippen LogP contribution is 2.16. The molecule has 6 heteroatoms. The maximum Gasteiger partial charge on any atom is 0.278 e. The van der Waals surface area contributed by atoms with E-state index in [9.17, 15) is 4.79 Å². The van der Waals surface area contributed by atoms with Gasteiger partial charge in [0.2, 0.25) is 0 Å². The van der Waals surface area contributed by atoms with E-state index in [0.29, 0.717) is 23.5 Å². The number of aromatic amines is 1. The van der Waals surface area contributed by atoms with Crippen LogP contribution in [0, 0.1) is 6.92 Å². The van der Waals surface area contributed by atoms with Crippen molar-refractivity contribution in [3.8, 4) is 0 Å². The van der Waals surface area contributed by atoms with Crippen molar-refractivity contribution in [3.63, 3.8) is 0 Å². The highest BCUT2D eigenvalue weighted by molar-refractivity contribution is 6.06. The number of aliphatic hydroxyl groups excluding tert-OH is 1. The van der Waals surface area contributed by atoms with Crippen LogP contribution in [0.3, 0.4) is 0 Å². The summed E-state index contributed by atoms with van der Waals surface area (Å²) >= 11 is 0. The minimum absolute atomic E-state index is 0.152. The van der Waals surface area contributed by atoms with Gasteiger partial charge < -0.3 is 16.2 Å². The van der Waals surface area contributed by atoms with Crippen LogP contribution in [0.15, 0.2) is 24.3 Å². The Hall–Kier alpha value is -2.34. The Bertz CT molecular complexity index is 607. The van der Waals surface area contributed by atoms with Crippen molar-refractivity contribution in [1.29, 1.82) is 0 Å². The maximum atomic E-state index is 12.1. The summed E-state index contributed by atoms with van der Waals surface area (Å²) in [7, 11) is 0. The Kier molecular flexibility index (Phi) is 4.37. The second-order valence-corrected chi connectivity index (χ2v) is 4.59. The SMILES string of the molecule is Cc1[nH]nc(C(=O)Nc2cccc(CCCO)c2)c1N. The van der Waals surface area contributed by atoms with E-state index in [1.165, 1.54) is 0 Å². The zero-order chi connectivity index (χ0) is 14.5. The smallest absolute Gasteiger partial charge is 0.278 e. The van der Waals surface area contributed by atoms with Gasteiger partial charge in [-0.15, -0.1) is 0 Å². The Balaban J connectivity index is 2.09. The number of anilines is 2. The number of H-pyrrole nitrogens is 1. The molecule has 1 amide bonds. The largest absolute Gasteiger partial charge is 0.396 e. The van der Waals surface area contributed by atoms with Crippen molar-refractivity contribution < 1.29 is 9.90 Å². The maximum absolute atomic E-state index is 12.1. The first-order valence-electron chi connectivity index (χ1n) is 6.43. The van der Waals surface area contributed by atoms with Gasteiger partial charge in [-0.2, -0.15) is 5.10 Å². The predicted molar refractivity (Wildman–Crippen MR) is 77.5 cm³/mol. The van der Waals surface area contributed by atoms with Gasteiger partial charge in [0.15, 0.2) is 5.69 Å². The van der Waals surface area contributed by atoms with Crippen LogP contribution in [0.25, 0.3) is 0 Å². The van der Waals surface area contributed by atoms with Gasteiger partial charge in [-0.3, -0.25) is 9.89 Å². The van der Waals surface area contributed by atoms with E-state index in [1.807, 2.05) is 18.2 Å². The lowest BCUT2D eigenvalue weighted by atomic mass is 10.1. The molecular formula is C14H18N4O2. The molecule has 2 aromatic rings. The number of amides is 1. The molecular weight excluding hydrogens is 256 g/mol. The standard InChI is InChI=1S/C14H18N4O2/c1-9-12(15)13(18-17-9)14(20)16-11-6-2-4-10(8-11)5-3-7-19/h2,4,6,8,19H,3,5,7,15H2,1H3,(H,16,20)(H,17,18). The summed E-state index contributed by atoms with van der Waals surface area (Å²) in [5.41, 5.74) is 8.75. The summed E-state index contributed by atoms with van der Waals surface area (Å²) in [6, 6.07) is 7.50. The first-order valence-corrected chi connectivity index (χ1v) is 6.43. The monoisotopic (exact) mass is 274 g/mol. The second kappa shape index (κ2) is 6.21. The van der Waals surface area contributed by atoms with E-state index in [-0.39, 0.29) is 18.2 Å². The molecule has 5 N–H and O–H groups in total. The highest BCUT2D eigenvalue weighted by Gasteiger charge is 2.15. The third-order valence-electron chi connectivity index (χ3n) is 3.02. The van der Waals surface area contributed by atoms with Gasteiger partial charge >= 0.3 is 0 Å². The number of carbonyl (C=O) groups is 1. The van der Waals surface area contributed by atoms with Gasteiger partial charge in [-0.1, -0.05) is 12.1 Å². The summed E-state index contributed by atoms with van der Waals surface area (Å²) < 4.78 is 0. The molecule has 20 heavy (non-hydrogen) atoms. The topological polar surface area (TPSA) is 104 Å². The number of nitrogens with one attached hydrogen (secondary N) is 2. The Morgan fingerprint density at radius 1 is 1.50 bits per heavy atom. The van der Waals surface area contributed by atoms with Gasteiger partial charge in [-0.05, 0) is 37.5 Å². The molecule has 6 nitrogen and oxygen atoms in total. The number of hydrogen-bond donors (Lipinski definition) is 4. The number of benzene rings is 1. The van der Waals surface area contributed by atoms with Crippen molar-refractivity contribution in [3.05, 3.63) is 41.2 Å². The lowest BCUT2D eigenvalue weighted by Crippen LogP contribution is -2.14. The molecule has 0 atom stereocenters. The molecule has 0 aliphatic heterocycles. The fourth-order valence-corrected chi connectivity index (χ4v) is 1.89. The van der Waals surface area contributed by atoms with E-state index in [0.717, 1.165) is 12.0 Å². The molecule has 1 aromatic carbocycles. The summed E-state index contributed by atoms with van der Waals surface area (Å²) in [5, 5.41) is 18.2. The number of hydrogen-bond acceptors (Lipinski definition) is 4. The highest BCUT2D eigenvalue weighted by atomic mass is 16.2. The van der Waals surface area contributed by atoms with Crippen molar-refractivity contribution >= 4 is 17.3 Å². The Morgan fingerprint density at radius 2 is 2.30 bits per heavy atom. The summed E-state index contributed by atoms with van der Waals surface area (Å²) in [6.45, 7) is 1.91. The molecule has 0 fully saturated rings. The zero-order valence-electron chi connectivity index (χ0n) is 11.3. The van der Waals surface area contributed by atoms with Gasteiger partial charge in [0.1, 0.15) is 0 Å². The molecule has 0 radical (unpaired) electrons. The summed E-state index contributed by atoms with van der Waals surface area (Å²) in [4.78, 5) is 12.1. The quantitative estimate of drug-likeness (QED) is 0.662. The van der Waals surface area contributed by atoms with Gasteiger partial charge in [0.25, 0.3) is 5.91 Å². The van der Waals surface area contributed by atoms with Crippen LogP contribution in [0.2, 0.25) is 0 Å². The average Bonchev–Trinajstić information content (AvgIpc) is 2.77. The van der Waals surface area contributed by atoms with E-state index >= 15 is 0 Å². The number of aryl methyl sites for hydroxylation is 2. The van der Waals surface area contributed by atoms with E-state index in [1.54, 1.807) is 13.0 Å². The number of aliphatic hydroxyl groups is 1. The van der Waals surface area contributed by atoms with Crippen LogP contribution in [-0.2, 0) is 6.42 Å². The summed E-state index contributed by atoms with van der Waals surface area (Å²) in [5.74, 6) is -0.342. The van der Waals surface area contributed by atoms with Crippen molar-refractivity contribution in [1.82, 2.24) is 10.2 Å². The molecule has 1 aromatic heterocycles. The van der Waals surface area contributed by atoms with Crippen molar-refractivity contribution in [2.75, 3.05) is 17.7 Å². The van der Waals surface area contributed by atoms with E-state index in [2.05, 4.69) is 15.5 Å². The summed E-state index contributed by atoms with van der Waals surface area (Å²) in [6.07, 6.45) is 1.47.